The Hall–Kier alpha value is -5.32. The average Bonchev–Trinajstić information content (AvgIpc) is 3.29. The molecule has 0 radical (unpaired) electrons. The van der Waals surface area contributed by atoms with E-state index in [2.05, 4.69) is 10.3 Å². The summed E-state index contributed by atoms with van der Waals surface area (Å²) in [5.74, 6) is -0.815. The van der Waals surface area contributed by atoms with E-state index < -0.39 is 29.9 Å². The normalized spacial score (nSPS) is 17.3. The van der Waals surface area contributed by atoms with Crippen LogP contribution in [0, 0.1) is 5.82 Å². The molecule has 4 heterocycles. The van der Waals surface area contributed by atoms with Crippen LogP contribution in [0.3, 0.4) is 0 Å². The summed E-state index contributed by atoms with van der Waals surface area (Å²) in [6, 6.07) is 13.9. The lowest BCUT2D eigenvalue weighted by atomic mass is 9.94. The van der Waals surface area contributed by atoms with Crippen molar-refractivity contribution in [3.05, 3.63) is 106 Å². The van der Waals surface area contributed by atoms with Gasteiger partial charge in [-0.2, -0.15) is 0 Å². The summed E-state index contributed by atoms with van der Waals surface area (Å²) in [5, 5.41) is 12.3. The van der Waals surface area contributed by atoms with Gasteiger partial charge in [0.05, 0.1) is 12.6 Å². The lowest BCUT2D eigenvalue weighted by molar-refractivity contribution is 0.102. The molecule has 2 unspecified atom stereocenters. The van der Waals surface area contributed by atoms with Gasteiger partial charge in [0, 0.05) is 41.4 Å². The summed E-state index contributed by atoms with van der Waals surface area (Å²) >= 11 is 0. The summed E-state index contributed by atoms with van der Waals surface area (Å²) in [7, 11) is 0. The van der Waals surface area contributed by atoms with Crippen LogP contribution < -0.4 is 16.5 Å². The molecule has 2 aliphatic heterocycles. The van der Waals surface area contributed by atoms with Gasteiger partial charge in [-0.1, -0.05) is 30.3 Å². The standard InChI is InChI=1S/C33H29F2N5O4/c34-11-12-39-17-28(20-1-5-23(35)6-2-20)30(41)29(18-39)32(42)38-24-7-3-19(4-8-24)27-15-22(16-37-31(27)36)21-13-25-9-10-26(14-21)40(25)33(43)44/h1-8,13,15-18,25-26H,9-12,14H2,(H2,36,37)(H,38,42)(H,43,44). The maximum absolute atomic E-state index is 13.5. The van der Waals surface area contributed by atoms with Crippen molar-refractivity contribution in [2.24, 2.45) is 0 Å². The molecule has 0 aliphatic carbocycles. The first-order valence-electron chi connectivity index (χ1n) is 14.2. The summed E-state index contributed by atoms with van der Waals surface area (Å²) in [6.45, 7) is -0.763. The third kappa shape index (κ3) is 5.56. The Labute approximate surface area is 251 Å². The van der Waals surface area contributed by atoms with E-state index >= 15 is 0 Å². The van der Waals surface area contributed by atoms with Gasteiger partial charge >= 0.3 is 6.09 Å². The maximum Gasteiger partial charge on any atom is 0.408 e. The van der Waals surface area contributed by atoms with Gasteiger partial charge in [0.15, 0.2) is 0 Å². The van der Waals surface area contributed by atoms with Crippen molar-refractivity contribution in [1.29, 1.82) is 0 Å². The molecule has 1 fully saturated rings. The van der Waals surface area contributed by atoms with Crippen LogP contribution in [0.4, 0.5) is 25.1 Å². The van der Waals surface area contributed by atoms with E-state index in [1.165, 1.54) is 46.1 Å². The van der Waals surface area contributed by atoms with Crippen LogP contribution in [0.5, 0.6) is 0 Å². The van der Waals surface area contributed by atoms with Crippen molar-refractivity contribution < 1.29 is 23.5 Å². The molecule has 2 aromatic heterocycles. The van der Waals surface area contributed by atoms with Crippen molar-refractivity contribution in [2.45, 2.75) is 37.9 Å². The van der Waals surface area contributed by atoms with Crippen LogP contribution in [0.25, 0.3) is 27.8 Å². The van der Waals surface area contributed by atoms with Crippen LogP contribution in [-0.2, 0) is 6.54 Å². The molecule has 2 amide bonds. The number of fused-ring (bicyclic) bond motifs is 2. The number of rotatable bonds is 7. The number of alkyl halides is 1. The molecule has 11 heteroatoms. The van der Waals surface area contributed by atoms with Gasteiger partial charge in [-0.05, 0) is 71.9 Å². The predicted octanol–water partition coefficient (Wildman–Crippen LogP) is 5.82. The highest BCUT2D eigenvalue weighted by atomic mass is 19.1. The molecule has 9 nitrogen and oxygen atoms in total. The zero-order valence-electron chi connectivity index (χ0n) is 23.5. The smallest absolute Gasteiger partial charge is 0.408 e. The highest BCUT2D eigenvalue weighted by Gasteiger charge is 2.39. The average molecular weight is 598 g/mol. The van der Waals surface area contributed by atoms with Crippen molar-refractivity contribution in [1.82, 2.24) is 14.5 Å². The third-order valence-electron chi connectivity index (χ3n) is 8.18. The Kier molecular flexibility index (Phi) is 7.69. The summed E-state index contributed by atoms with van der Waals surface area (Å²) in [5.41, 5.74) is 9.83. The van der Waals surface area contributed by atoms with E-state index in [0.29, 0.717) is 29.1 Å². The number of carbonyl (C=O) groups is 2. The fraction of sp³-hybridized carbons (Fsp3) is 0.212. The Morgan fingerprint density at radius 1 is 1.00 bits per heavy atom. The number of pyridine rings is 2. The quantitative estimate of drug-likeness (QED) is 0.246. The number of anilines is 2. The molecule has 4 aromatic rings. The number of aromatic nitrogens is 2. The number of amides is 2. The number of hydrogen-bond acceptors (Lipinski definition) is 5. The van der Waals surface area contributed by atoms with Crippen LogP contribution in [0.15, 0.2) is 84.1 Å². The molecule has 2 aliphatic rings. The van der Waals surface area contributed by atoms with Crippen LogP contribution in [0.2, 0.25) is 0 Å². The van der Waals surface area contributed by atoms with E-state index in [-0.39, 0.29) is 29.8 Å². The Morgan fingerprint density at radius 2 is 1.70 bits per heavy atom. The monoisotopic (exact) mass is 597 g/mol. The third-order valence-corrected chi connectivity index (χ3v) is 8.18. The minimum Gasteiger partial charge on any atom is -0.465 e. The Bertz CT molecular complexity index is 1840. The highest BCUT2D eigenvalue weighted by Crippen LogP contribution is 2.39. The number of hydrogen-bond donors (Lipinski definition) is 3. The fourth-order valence-corrected chi connectivity index (χ4v) is 6.01. The number of nitrogens with one attached hydrogen (secondary N) is 1. The highest BCUT2D eigenvalue weighted by molar-refractivity contribution is 6.04. The van der Waals surface area contributed by atoms with E-state index in [1.807, 2.05) is 12.1 Å². The molecule has 0 spiro atoms. The van der Waals surface area contributed by atoms with Gasteiger partial charge in [0.1, 0.15) is 23.9 Å². The molecule has 2 atom stereocenters. The lowest BCUT2D eigenvalue weighted by Gasteiger charge is -2.31. The van der Waals surface area contributed by atoms with Crippen LogP contribution in [0.1, 0.15) is 35.2 Å². The SMILES string of the molecule is Nc1ncc(C2=CC3CCC(C2)N3C(=O)O)cc1-c1ccc(NC(=O)c2cn(CCF)cc(-c3ccc(F)cc3)c2=O)cc1. The first kappa shape index (κ1) is 28.8. The number of nitrogens with two attached hydrogens (primary N) is 1. The number of aryl methyl sites for hydroxylation is 1. The molecule has 4 N–H and O–H groups in total. The van der Waals surface area contributed by atoms with E-state index in [9.17, 15) is 28.3 Å². The second kappa shape index (κ2) is 11.8. The summed E-state index contributed by atoms with van der Waals surface area (Å²) in [6.07, 6.45) is 7.77. The molecular weight excluding hydrogens is 568 g/mol. The molecule has 2 aromatic carbocycles. The minimum atomic E-state index is -0.901. The zero-order chi connectivity index (χ0) is 31.0. The number of nitrogen functional groups attached to an aromatic ring is 1. The van der Waals surface area contributed by atoms with Gasteiger partial charge in [0.2, 0.25) is 5.43 Å². The van der Waals surface area contributed by atoms with Gasteiger partial charge < -0.3 is 20.7 Å². The summed E-state index contributed by atoms with van der Waals surface area (Å²) < 4.78 is 28.1. The first-order chi connectivity index (χ1) is 21.2. The molecule has 44 heavy (non-hydrogen) atoms. The van der Waals surface area contributed by atoms with E-state index in [4.69, 9.17) is 5.73 Å². The molecular formula is C33H29F2N5O4. The Morgan fingerprint density at radius 3 is 2.39 bits per heavy atom. The van der Waals surface area contributed by atoms with Gasteiger partial charge in [-0.25, -0.2) is 18.6 Å². The topological polar surface area (TPSA) is 131 Å². The van der Waals surface area contributed by atoms with Crippen molar-refractivity contribution in [3.63, 3.8) is 0 Å². The molecule has 2 bridgehead atoms. The van der Waals surface area contributed by atoms with Crippen LogP contribution in [-0.4, -0.2) is 50.3 Å². The number of halogens is 2. The fourth-order valence-electron chi connectivity index (χ4n) is 6.01. The number of nitrogens with zero attached hydrogens (tertiary/aromatic N) is 3. The largest absolute Gasteiger partial charge is 0.465 e. The first-order valence-corrected chi connectivity index (χ1v) is 14.2. The second-order valence-corrected chi connectivity index (χ2v) is 10.9. The second-order valence-electron chi connectivity index (χ2n) is 10.9. The minimum absolute atomic E-state index is 0.0566. The zero-order valence-corrected chi connectivity index (χ0v) is 23.5. The van der Waals surface area contributed by atoms with Crippen LogP contribution >= 0.6 is 0 Å². The van der Waals surface area contributed by atoms with Gasteiger partial charge in [0.25, 0.3) is 5.91 Å². The number of benzene rings is 2. The van der Waals surface area contributed by atoms with Gasteiger partial charge in [-0.15, -0.1) is 0 Å². The molecule has 0 saturated carbocycles. The predicted molar refractivity (Wildman–Crippen MR) is 163 cm³/mol. The number of carbonyl (C=O) groups excluding carboxylic acids is 1. The Balaban J connectivity index is 1.24. The van der Waals surface area contributed by atoms with Crippen molar-refractivity contribution in [3.8, 4) is 22.3 Å². The molecule has 6 rings (SSSR count). The van der Waals surface area contributed by atoms with E-state index in [1.54, 1.807) is 30.5 Å². The van der Waals surface area contributed by atoms with Crippen molar-refractivity contribution in [2.75, 3.05) is 17.7 Å². The van der Waals surface area contributed by atoms with E-state index in [0.717, 1.165) is 29.5 Å². The molecule has 1 saturated heterocycles. The van der Waals surface area contributed by atoms with Crippen molar-refractivity contribution >= 4 is 29.1 Å². The summed E-state index contributed by atoms with van der Waals surface area (Å²) in [4.78, 5) is 44.1. The lowest BCUT2D eigenvalue weighted by Crippen LogP contribution is -2.42. The molecule has 224 valence electrons. The maximum atomic E-state index is 13.5. The number of carboxylic acid groups (broad SMARTS) is 1. The van der Waals surface area contributed by atoms with Gasteiger partial charge in [-0.3, -0.25) is 14.5 Å².